The van der Waals surface area contributed by atoms with E-state index >= 15 is 0 Å². The highest BCUT2D eigenvalue weighted by Crippen LogP contribution is 2.23. The summed E-state index contributed by atoms with van der Waals surface area (Å²) in [5.41, 5.74) is 5.91. The third-order valence-electron chi connectivity index (χ3n) is 1.74. The molecule has 3 nitrogen and oxygen atoms in total. The van der Waals surface area contributed by atoms with Gasteiger partial charge in [-0.15, -0.1) is 0 Å². The monoisotopic (exact) mass is 187 g/mol. The minimum atomic E-state index is -1.05. The van der Waals surface area contributed by atoms with Crippen LogP contribution in [0.1, 0.15) is 12.8 Å². The molecule has 0 aromatic heterocycles. The van der Waals surface area contributed by atoms with Crippen molar-refractivity contribution in [3.8, 4) is 0 Å². The minimum absolute atomic E-state index is 0.524. The molecule has 0 saturated heterocycles. The largest absolute Gasteiger partial charge is 0.480 e. The molecule has 0 aromatic rings. The van der Waals surface area contributed by atoms with Crippen molar-refractivity contribution >= 4 is 17.6 Å². The maximum Gasteiger partial charge on any atom is 0.325 e. The standard InChI is InChI=1S/C8H10ClNO2/c9-6-4-2-1-3-5(6)7(10)8(11)12/h1,3,7H,2,4,10H2,(H,11,12). The lowest BCUT2D eigenvalue weighted by Gasteiger charge is -2.13. The molecule has 0 spiro atoms. The molecule has 1 atom stereocenters. The Morgan fingerprint density at radius 2 is 2.42 bits per heavy atom. The van der Waals surface area contributed by atoms with E-state index in [-0.39, 0.29) is 0 Å². The molecule has 1 aliphatic carbocycles. The fourth-order valence-corrected chi connectivity index (χ4v) is 1.35. The van der Waals surface area contributed by atoms with Crippen molar-refractivity contribution in [2.24, 2.45) is 5.73 Å². The van der Waals surface area contributed by atoms with Crippen molar-refractivity contribution in [3.05, 3.63) is 22.8 Å². The van der Waals surface area contributed by atoms with Gasteiger partial charge in [-0.1, -0.05) is 23.8 Å². The molecule has 4 heteroatoms. The summed E-state index contributed by atoms with van der Waals surface area (Å²) in [5.74, 6) is -1.05. The molecule has 0 aliphatic heterocycles. The van der Waals surface area contributed by atoms with Crippen LogP contribution in [0.25, 0.3) is 0 Å². The SMILES string of the molecule is NC(C(=O)O)C1=C(Cl)CCC=C1. The number of hydrogen-bond donors (Lipinski definition) is 2. The Hall–Kier alpha value is -0.800. The number of aliphatic carboxylic acids is 1. The predicted molar refractivity (Wildman–Crippen MR) is 46.9 cm³/mol. The van der Waals surface area contributed by atoms with Gasteiger partial charge in [0.2, 0.25) is 0 Å². The number of allylic oxidation sites excluding steroid dienone is 2. The van der Waals surface area contributed by atoms with E-state index in [1.807, 2.05) is 6.08 Å². The van der Waals surface area contributed by atoms with Gasteiger partial charge >= 0.3 is 5.97 Å². The summed E-state index contributed by atoms with van der Waals surface area (Å²) in [5, 5.41) is 9.16. The molecule has 0 aromatic carbocycles. The second-order valence-electron chi connectivity index (χ2n) is 2.62. The van der Waals surface area contributed by atoms with Gasteiger partial charge in [0.15, 0.2) is 0 Å². The first kappa shape index (κ1) is 9.29. The molecule has 0 radical (unpaired) electrons. The Morgan fingerprint density at radius 1 is 1.75 bits per heavy atom. The normalized spacial score (nSPS) is 19.5. The van der Waals surface area contributed by atoms with Crippen molar-refractivity contribution in [2.75, 3.05) is 0 Å². The quantitative estimate of drug-likeness (QED) is 0.684. The zero-order valence-electron chi connectivity index (χ0n) is 6.46. The van der Waals surface area contributed by atoms with Gasteiger partial charge in [-0.05, 0) is 18.4 Å². The van der Waals surface area contributed by atoms with Crippen molar-refractivity contribution in [1.82, 2.24) is 0 Å². The van der Waals surface area contributed by atoms with Crippen LogP contribution in [0.2, 0.25) is 0 Å². The number of hydrogen-bond acceptors (Lipinski definition) is 2. The van der Waals surface area contributed by atoms with Crippen molar-refractivity contribution < 1.29 is 9.90 Å². The second kappa shape index (κ2) is 3.74. The van der Waals surface area contributed by atoms with Gasteiger partial charge in [-0.25, -0.2) is 0 Å². The van der Waals surface area contributed by atoms with Gasteiger partial charge in [0.05, 0.1) is 0 Å². The first-order valence-corrected chi connectivity index (χ1v) is 4.04. The van der Waals surface area contributed by atoms with Gasteiger partial charge in [-0.3, -0.25) is 4.79 Å². The number of carbonyl (C=O) groups is 1. The van der Waals surface area contributed by atoms with Crippen LogP contribution in [0, 0.1) is 0 Å². The fourth-order valence-electron chi connectivity index (χ4n) is 1.06. The number of carboxylic acid groups (broad SMARTS) is 1. The van der Waals surface area contributed by atoms with E-state index < -0.39 is 12.0 Å². The summed E-state index contributed by atoms with van der Waals surface area (Å²) in [6, 6.07) is -0.992. The number of halogens is 1. The molecule has 3 N–H and O–H groups in total. The third-order valence-corrected chi connectivity index (χ3v) is 2.15. The van der Waals surface area contributed by atoms with E-state index in [4.69, 9.17) is 22.4 Å². The molecule has 12 heavy (non-hydrogen) atoms. The summed E-state index contributed by atoms with van der Waals surface area (Å²) < 4.78 is 0. The Bertz CT molecular complexity index is 258. The minimum Gasteiger partial charge on any atom is -0.480 e. The molecular formula is C8H10ClNO2. The summed E-state index contributed by atoms with van der Waals surface area (Å²) in [4.78, 5) is 10.5. The van der Waals surface area contributed by atoms with Crippen LogP contribution < -0.4 is 5.73 Å². The van der Waals surface area contributed by atoms with Crippen LogP contribution >= 0.6 is 11.6 Å². The Balaban J connectivity index is 2.86. The lowest BCUT2D eigenvalue weighted by atomic mass is 10.0. The van der Waals surface area contributed by atoms with Crippen LogP contribution in [0.15, 0.2) is 22.8 Å². The second-order valence-corrected chi connectivity index (χ2v) is 3.07. The summed E-state index contributed by atoms with van der Waals surface area (Å²) in [7, 11) is 0. The first-order chi connectivity index (χ1) is 5.63. The molecule has 0 saturated carbocycles. The lowest BCUT2D eigenvalue weighted by Crippen LogP contribution is -2.32. The first-order valence-electron chi connectivity index (χ1n) is 3.66. The number of carboxylic acids is 1. The van der Waals surface area contributed by atoms with E-state index in [0.717, 1.165) is 6.42 Å². The van der Waals surface area contributed by atoms with E-state index in [0.29, 0.717) is 17.0 Å². The highest BCUT2D eigenvalue weighted by molar-refractivity contribution is 6.30. The van der Waals surface area contributed by atoms with Crippen molar-refractivity contribution in [2.45, 2.75) is 18.9 Å². The van der Waals surface area contributed by atoms with Crippen LogP contribution in [0.5, 0.6) is 0 Å². The smallest absolute Gasteiger partial charge is 0.325 e. The van der Waals surface area contributed by atoms with Crippen molar-refractivity contribution in [1.29, 1.82) is 0 Å². The van der Waals surface area contributed by atoms with Gasteiger partial charge < -0.3 is 10.8 Å². The van der Waals surface area contributed by atoms with Crippen LogP contribution in [-0.4, -0.2) is 17.1 Å². The molecule has 1 rings (SSSR count). The lowest BCUT2D eigenvalue weighted by molar-refractivity contribution is -0.137. The molecular weight excluding hydrogens is 178 g/mol. The summed E-state index contributed by atoms with van der Waals surface area (Å²) >= 11 is 5.81. The average Bonchev–Trinajstić information content (AvgIpc) is 2.04. The van der Waals surface area contributed by atoms with Gasteiger partial charge in [0, 0.05) is 5.03 Å². The topological polar surface area (TPSA) is 63.3 Å². The molecule has 0 bridgehead atoms. The Labute approximate surface area is 75.5 Å². The maximum atomic E-state index is 10.5. The number of rotatable bonds is 2. The van der Waals surface area contributed by atoms with E-state index in [1.165, 1.54) is 0 Å². The van der Waals surface area contributed by atoms with Crippen LogP contribution in [0.3, 0.4) is 0 Å². The zero-order chi connectivity index (χ0) is 9.14. The van der Waals surface area contributed by atoms with Crippen molar-refractivity contribution in [3.63, 3.8) is 0 Å². The molecule has 0 amide bonds. The van der Waals surface area contributed by atoms with Crippen LogP contribution in [0.4, 0.5) is 0 Å². The molecule has 1 aliphatic rings. The molecule has 1 unspecified atom stereocenters. The van der Waals surface area contributed by atoms with Crippen LogP contribution in [-0.2, 0) is 4.79 Å². The highest BCUT2D eigenvalue weighted by Gasteiger charge is 2.19. The fraction of sp³-hybridized carbons (Fsp3) is 0.375. The Kier molecular flexibility index (Phi) is 2.89. The van der Waals surface area contributed by atoms with Gasteiger partial charge in [0.25, 0.3) is 0 Å². The van der Waals surface area contributed by atoms with E-state index in [2.05, 4.69) is 0 Å². The van der Waals surface area contributed by atoms with E-state index in [1.54, 1.807) is 6.08 Å². The number of nitrogens with two attached hydrogens (primary N) is 1. The zero-order valence-corrected chi connectivity index (χ0v) is 7.21. The maximum absolute atomic E-state index is 10.5. The predicted octanol–water partition coefficient (Wildman–Crippen LogP) is 1.24. The summed E-state index contributed by atoms with van der Waals surface area (Å²) in [6.45, 7) is 0. The van der Waals surface area contributed by atoms with Gasteiger partial charge in [0.1, 0.15) is 6.04 Å². The van der Waals surface area contributed by atoms with E-state index in [9.17, 15) is 4.79 Å². The highest BCUT2D eigenvalue weighted by atomic mass is 35.5. The molecule has 66 valence electrons. The Morgan fingerprint density at radius 3 is 2.92 bits per heavy atom. The van der Waals surface area contributed by atoms with Gasteiger partial charge in [-0.2, -0.15) is 0 Å². The molecule has 0 fully saturated rings. The third kappa shape index (κ3) is 1.87. The molecule has 0 heterocycles. The summed E-state index contributed by atoms with van der Waals surface area (Å²) in [6.07, 6.45) is 5.11. The average molecular weight is 188 g/mol.